The molecule has 0 radical (unpaired) electrons. The zero-order valence-electron chi connectivity index (χ0n) is 14.7. The molecule has 136 valence electrons. The smallest absolute Gasteiger partial charge is 0.207 e. The molecular weight excluding hydrogens is 350 g/mol. The van der Waals surface area contributed by atoms with Crippen molar-refractivity contribution >= 4 is 29.0 Å². The highest BCUT2D eigenvalue weighted by Gasteiger charge is 2.10. The van der Waals surface area contributed by atoms with Crippen LogP contribution in [0.5, 0.6) is 5.75 Å². The van der Waals surface area contributed by atoms with Gasteiger partial charge in [0.25, 0.3) is 0 Å². The molecule has 6 heteroatoms. The molecule has 5 nitrogen and oxygen atoms in total. The second-order valence-corrected chi connectivity index (χ2v) is 6.51. The van der Waals surface area contributed by atoms with E-state index < -0.39 is 0 Å². The molecule has 0 aliphatic rings. The number of carbonyl (C=O) groups is 1. The minimum Gasteiger partial charge on any atom is -0.494 e. The van der Waals surface area contributed by atoms with Crippen molar-refractivity contribution in [2.75, 3.05) is 13.2 Å². The highest BCUT2D eigenvalue weighted by Crippen LogP contribution is 2.21. The molecule has 26 heavy (non-hydrogen) atoms. The van der Waals surface area contributed by atoms with Crippen LogP contribution in [0.2, 0.25) is 5.02 Å². The summed E-state index contributed by atoms with van der Waals surface area (Å²) in [7, 11) is 0. The molecule has 0 saturated carbocycles. The normalized spacial score (nSPS) is 10.8. The van der Waals surface area contributed by atoms with Crippen molar-refractivity contribution in [3.63, 3.8) is 0 Å². The van der Waals surface area contributed by atoms with Crippen LogP contribution < -0.4 is 10.1 Å². The minimum atomic E-state index is 0.577. The highest BCUT2D eigenvalue weighted by molar-refractivity contribution is 6.31. The molecule has 1 amide bonds. The standard InChI is InChI=1S/C20H22ClN3O2/c1-15-13-16(7-8-17(15)21)26-12-4-11-24-19-6-3-2-5-18(19)23-20(24)9-10-22-14-25/h2-3,5-8,13-14H,4,9-12H2,1H3,(H,22,25). The van der Waals surface area contributed by atoms with Gasteiger partial charge < -0.3 is 14.6 Å². The summed E-state index contributed by atoms with van der Waals surface area (Å²) in [5.41, 5.74) is 3.09. The summed E-state index contributed by atoms with van der Waals surface area (Å²) in [6.45, 7) is 3.96. The summed E-state index contributed by atoms with van der Waals surface area (Å²) in [6, 6.07) is 13.8. The van der Waals surface area contributed by atoms with Crippen LogP contribution >= 0.6 is 11.6 Å². The van der Waals surface area contributed by atoms with Gasteiger partial charge in [0.2, 0.25) is 6.41 Å². The molecule has 0 fully saturated rings. The maximum atomic E-state index is 10.5. The molecule has 0 saturated heterocycles. The lowest BCUT2D eigenvalue weighted by molar-refractivity contribution is -0.109. The van der Waals surface area contributed by atoms with Crippen molar-refractivity contribution in [1.82, 2.24) is 14.9 Å². The largest absolute Gasteiger partial charge is 0.494 e. The summed E-state index contributed by atoms with van der Waals surface area (Å²) >= 11 is 6.04. The van der Waals surface area contributed by atoms with E-state index in [0.29, 0.717) is 19.6 Å². The van der Waals surface area contributed by atoms with Gasteiger partial charge >= 0.3 is 0 Å². The number of imidazole rings is 1. The number of amides is 1. The summed E-state index contributed by atoms with van der Waals surface area (Å²) in [4.78, 5) is 15.2. The summed E-state index contributed by atoms with van der Waals surface area (Å²) < 4.78 is 8.05. The molecule has 1 N–H and O–H groups in total. The van der Waals surface area contributed by atoms with Gasteiger partial charge in [-0.15, -0.1) is 0 Å². The third kappa shape index (κ3) is 4.35. The average molecular weight is 372 g/mol. The Bertz CT molecular complexity index is 892. The Labute approximate surface area is 157 Å². The van der Waals surface area contributed by atoms with E-state index in [9.17, 15) is 4.79 Å². The molecule has 0 spiro atoms. The Kier molecular flexibility index (Phi) is 6.12. The SMILES string of the molecule is Cc1cc(OCCCn2c(CCNC=O)nc3ccccc32)ccc1Cl. The van der Waals surface area contributed by atoms with Crippen LogP contribution in [0.1, 0.15) is 17.8 Å². The predicted octanol–water partition coefficient (Wildman–Crippen LogP) is 3.76. The highest BCUT2D eigenvalue weighted by atomic mass is 35.5. The molecule has 0 aliphatic carbocycles. The Balaban J connectivity index is 1.64. The number of carbonyl (C=O) groups excluding carboxylic acids is 1. The zero-order valence-corrected chi connectivity index (χ0v) is 15.5. The number of fused-ring (bicyclic) bond motifs is 1. The van der Waals surface area contributed by atoms with Gasteiger partial charge in [-0.2, -0.15) is 0 Å². The van der Waals surface area contributed by atoms with Crippen molar-refractivity contribution in [2.45, 2.75) is 26.3 Å². The zero-order chi connectivity index (χ0) is 18.4. The van der Waals surface area contributed by atoms with E-state index in [1.54, 1.807) is 0 Å². The Hall–Kier alpha value is -2.53. The fraction of sp³-hybridized carbons (Fsp3) is 0.300. The van der Waals surface area contributed by atoms with Crippen LogP contribution in [0, 0.1) is 6.92 Å². The first-order chi connectivity index (χ1) is 12.7. The second kappa shape index (κ2) is 8.72. The average Bonchev–Trinajstić information content (AvgIpc) is 2.99. The maximum Gasteiger partial charge on any atom is 0.207 e. The molecule has 1 aromatic heterocycles. The van der Waals surface area contributed by atoms with E-state index in [-0.39, 0.29) is 0 Å². The van der Waals surface area contributed by atoms with Gasteiger partial charge in [-0.05, 0) is 49.2 Å². The lowest BCUT2D eigenvalue weighted by atomic mass is 10.2. The van der Waals surface area contributed by atoms with Crippen molar-refractivity contribution in [2.24, 2.45) is 0 Å². The minimum absolute atomic E-state index is 0.577. The maximum absolute atomic E-state index is 10.5. The first-order valence-corrected chi connectivity index (χ1v) is 9.07. The van der Waals surface area contributed by atoms with Crippen molar-refractivity contribution in [3.05, 3.63) is 58.9 Å². The monoisotopic (exact) mass is 371 g/mol. The lowest BCUT2D eigenvalue weighted by Crippen LogP contribution is -2.17. The Morgan fingerprint density at radius 2 is 2.12 bits per heavy atom. The fourth-order valence-electron chi connectivity index (χ4n) is 2.93. The van der Waals surface area contributed by atoms with Gasteiger partial charge in [0.15, 0.2) is 0 Å². The molecule has 0 unspecified atom stereocenters. The second-order valence-electron chi connectivity index (χ2n) is 6.10. The van der Waals surface area contributed by atoms with Crippen LogP contribution in [-0.4, -0.2) is 29.1 Å². The number of hydrogen-bond donors (Lipinski definition) is 1. The van der Waals surface area contributed by atoms with E-state index >= 15 is 0 Å². The first-order valence-electron chi connectivity index (χ1n) is 8.69. The van der Waals surface area contributed by atoms with Gasteiger partial charge in [0.1, 0.15) is 11.6 Å². The molecule has 0 atom stereocenters. The molecule has 2 aromatic carbocycles. The molecule has 1 heterocycles. The third-order valence-corrected chi connectivity index (χ3v) is 4.66. The van der Waals surface area contributed by atoms with Crippen LogP contribution in [0.15, 0.2) is 42.5 Å². The third-order valence-electron chi connectivity index (χ3n) is 4.23. The lowest BCUT2D eigenvalue weighted by Gasteiger charge is -2.11. The number of rotatable bonds is 9. The number of benzene rings is 2. The Morgan fingerprint density at radius 3 is 2.92 bits per heavy atom. The number of aryl methyl sites for hydroxylation is 2. The van der Waals surface area contributed by atoms with Crippen molar-refractivity contribution in [3.8, 4) is 5.75 Å². The summed E-state index contributed by atoms with van der Waals surface area (Å²) in [5.74, 6) is 1.81. The first kappa shape index (κ1) is 18.3. The van der Waals surface area contributed by atoms with E-state index in [4.69, 9.17) is 21.3 Å². The van der Waals surface area contributed by atoms with E-state index in [0.717, 1.165) is 52.6 Å². The summed E-state index contributed by atoms with van der Waals surface area (Å²) in [5, 5.41) is 3.44. The Morgan fingerprint density at radius 1 is 1.27 bits per heavy atom. The van der Waals surface area contributed by atoms with Crippen LogP contribution in [-0.2, 0) is 17.8 Å². The topological polar surface area (TPSA) is 56.1 Å². The van der Waals surface area contributed by atoms with Crippen LogP contribution in [0.3, 0.4) is 0 Å². The van der Waals surface area contributed by atoms with Gasteiger partial charge in [-0.25, -0.2) is 4.98 Å². The van der Waals surface area contributed by atoms with Crippen LogP contribution in [0.25, 0.3) is 11.0 Å². The van der Waals surface area contributed by atoms with Gasteiger partial charge in [0.05, 0.1) is 17.6 Å². The molecular formula is C20H22ClN3O2. The molecule has 0 aliphatic heterocycles. The van der Waals surface area contributed by atoms with E-state index in [2.05, 4.69) is 16.0 Å². The quantitative estimate of drug-likeness (QED) is 0.460. The number of halogens is 1. The number of hydrogen-bond acceptors (Lipinski definition) is 3. The molecule has 3 rings (SSSR count). The van der Waals surface area contributed by atoms with Crippen molar-refractivity contribution in [1.29, 1.82) is 0 Å². The van der Waals surface area contributed by atoms with Crippen LogP contribution in [0.4, 0.5) is 0 Å². The van der Waals surface area contributed by atoms with Gasteiger partial charge in [-0.1, -0.05) is 23.7 Å². The van der Waals surface area contributed by atoms with E-state index in [1.165, 1.54) is 0 Å². The molecule has 3 aromatic rings. The number of ether oxygens (including phenoxy) is 1. The molecule has 0 bridgehead atoms. The number of nitrogens with one attached hydrogen (secondary N) is 1. The number of aromatic nitrogens is 2. The van der Waals surface area contributed by atoms with Crippen molar-refractivity contribution < 1.29 is 9.53 Å². The fourth-order valence-corrected chi connectivity index (χ4v) is 3.05. The van der Waals surface area contributed by atoms with E-state index in [1.807, 2.05) is 43.3 Å². The number of para-hydroxylation sites is 2. The van der Waals surface area contributed by atoms with Gasteiger partial charge in [-0.3, -0.25) is 4.79 Å². The predicted molar refractivity (Wildman–Crippen MR) is 104 cm³/mol. The summed E-state index contributed by atoms with van der Waals surface area (Å²) in [6.07, 6.45) is 2.27. The van der Waals surface area contributed by atoms with Gasteiger partial charge in [0, 0.05) is 24.5 Å². The number of nitrogens with zero attached hydrogens (tertiary/aromatic N) is 2.